The highest BCUT2D eigenvalue weighted by Gasteiger charge is 2.25. The van der Waals surface area contributed by atoms with E-state index >= 15 is 0 Å². The molecule has 3 heteroatoms. The number of ether oxygens (including phenoxy) is 1. The number of nitrogens with one attached hydrogen (secondary N) is 1. The lowest BCUT2D eigenvalue weighted by atomic mass is 9.93. The van der Waals surface area contributed by atoms with Gasteiger partial charge in [-0.25, -0.2) is 0 Å². The van der Waals surface area contributed by atoms with Gasteiger partial charge in [-0.05, 0) is 67.9 Å². The van der Waals surface area contributed by atoms with Gasteiger partial charge in [-0.1, -0.05) is 31.5 Å². The molecule has 3 rings (SSSR count). The Morgan fingerprint density at radius 3 is 2.92 bits per heavy atom. The molecule has 0 saturated carbocycles. The van der Waals surface area contributed by atoms with Crippen molar-refractivity contribution in [2.24, 2.45) is 0 Å². The summed E-state index contributed by atoms with van der Waals surface area (Å²) in [5, 5.41) is 3.69. The highest BCUT2D eigenvalue weighted by atomic mass is 16.5. The Labute approximate surface area is 151 Å². The minimum atomic E-state index is 0.591. The second-order valence-electron chi connectivity index (χ2n) is 7.12. The molecular formula is C22H30N2O. The fraction of sp³-hybridized carbons (Fsp3) is 0.500. The molecule has 3 nitrogen and oxygen atoms in total. The van der Waals surface area contributed by atoms with Crippen LogP contribution in [0, 0.1) is 6.92 Å². The van der Waals surface area contributed by atoms with E-state index in [4.69, 9.17) is 4.74 Å². The third-order valence-corrected chi connectivity index (χ3v) is 5.12. The van der Waals surface area contributed by atoms with Crippen LogP contribution in [-0.4, -0.2) is 24.2 Å². The third-order valence-electron chi connectivity index (χ3n) is 5.12. The van der Waals surface area contributed by atoms with Gasteiger partial charge in [0, 0.05) is 24.5 Å². The summed E-state index contributed by atoms with van der Waals surface area (Å²) in [6.07, 6.45) is 7.59. The first-order chi connectivity index (χ1) is 12.3. The Bertz CT molecular complexity index is 656. The highest BCUT2D eigenvalue weighted by molar-refractivity contribution is 5.38. The molecule has 1 aromatic carbocycles. The minimum Gasteiger partial charge on any atom is -0.493 e. The Hall–Kier alpha value is -1.87. The first kappa shape index (κ1) is 17.9. The number of benzene rings is 1. The standard InChI is InChI=1S/C22H30N2O/c1-3-4-13-25-22-11-8-18(14-17(22)2)19-15-21(24-16-19)10-9-20-7-5-6-12-23-20/h5-8,11-12,14,19,21,24H,3-4,9-10,13,15-16H2,1-2H3. The van der Waals surface area contributed by atoms with Crippen molar-refractivity contribution in [3.63, 3.8) is 0 Å². The van der Waals surface area contributed by atoms with Gasteiger partial charge in [0.2, 0.25) is 0 Å². The van der Waals surface area contributed by atoms with Gasteiger partial charge < -0.3 is 10.1 Å². The van der Waals surface area contributed by atoms with Crippen LogP contribution in [0.2, 0.25) is 0 Å². The molecule has 0 bridgehead atoms. The van der Waals surface area contributed by atoms with Gasteiger partial charge in [-0.3, -0.25) is 4.98 Å². The molecule has 1 aromatic heterocycles. The molecular weight excluding hydrogens is 308 g/mol. The van der Waals surface area contributed by atoms with Crippen LogP contribution in [0.25, 0.3) is 0 Å². The highest BCUT2D eigenvalue weighted by Crippen LogP contribution is 2.30. The summed E-state index contributed by atoms with van der Waals surface area (Å²) >= 11 is 0. The van der Waals surface area contributed by atoms with E-state index in [0.29, 0.717) is 12.0 Å². The van der Waals surface area contributed by atoms with Crippen LogP contribution in [0.15, 0.2) is 42.6 Å². The summed E-state index contributed by atoms with van der Waals surface area (Å²) in [7, 11) is 0. The summed E-state index contributed by atoms with van der Waals surface area (Å²) in [5.41, 5.74) is 3.89. The second kappa shape index (κ2) is 9.00. The average molecular weight is 338 g/mol. The Morgan fingerprint density at radius 1 is 1.24 bits per heavy atom. The van der Waals surface area contributed by atoms with Crippen LogP contribution in [0.4, 0.5) is 0 Å². The molecule has 25 heavy (non-hydrogen) atoms. The van der Waals surface area contributed by atoms with Crippen molar-refractivity contribution in [3.8, 4) is 5.75 Å². The normalized spacial score (nSPS) is 19.9. The average Bonchev–Trinajstić information content (AvgIpc) is 3.11. The zero-order valence-corrected chi connectivity index (χ0v) is 15.5. The predicted molar refractivity (Wildman–Crippen MR) is 103 cm³/mol. The van der Waals surface area contributed by atoms with Crippen molar-refractivity contribution in [1.82, 2.24) is 10.3 Å². The summed E-state index contributed by atoms with van der Waals surface area (Å²) in [4.78, 5) is 4.43. The van der Waals surface area contributed by atoms with Crippen molar-refractivity contribution >= 4 is 0 Å². The number of nitrogens with zero attached hydrogens (tertiary/aromatic N) is 1. The van der Waals surface area contributed by atoms with Crippen LogP contribution >= 0.6 is 0 Å². The molecule has 134 valence electrons. The number of aromatic nitrogens is 1. The lowest BCUT2D eigenvalue weighted by Gasteiger charge is -2.14. The molecule has 2 heterocycles. The SMILES string of the molecule is CCCCOc1ccc(C2CNC(CCc3ccccn3)C2)cc1C. The van der Waals surface area contributed by atoms with Gasteiger partial charge in [-0.15, -0.1) is 0 Å². The van der Waals surface area contributed by atoms with Crippen LogP contribution < -0.4 is 10.1 Å². The van der Waals surface area contributed by atoms with Crippen molar-refractivity contribution in [2.75, 3.05) is 13.2 Å². The zero-order chi connectivity index (χ0) is 17.5. The molecule has 2 unspecified atom stereocenters. The Kier molecular flexibility index (Phi) is 6.46. The van der Waals surface area contributed by atoms with E-state index in [2.05, 4.69) is 54.5 Å². The Balaban J connectivity index is 1.52. The molecule has 0 spiro atoms. The molecule has 1 fully saturated rings. The van der Waals surface area contributed by atoms with Crippen molar-refractivity contribution in [3.05, 3.63) is 59.4 Å². The molecule has 1 aliphatic heterocycles. The smallest absolute Gasteiger partial charge is 0.122 e. The van der Waals surface area contributed by atoms with E-state index in [-0.39, 0.29) is 0 Å². The molecule has 1 aliphatic rings. The number of pyridine rings is 1. The van der Waals surface area contributed by atoms with Gasteiger partial charge in [0.05, 0.1) is 6.61 Å². The maximum absolute atomic E-state index is 5.88. The molecule has 0 radical (unpaired) electrons. The minimum absolute atomic E-state index is 0.591. The van der Waals surface area contributed by atoms with E-state index in [0.717, 1.165) is 38.2 Å². The monoisotopic (exact) mass is 338 g/mol. The second-order valence-corrected chi connectivity index (χ2v) is 7.12. The maximum atomic E-state index is 5.88. The molecule has 2 aromatic rings. The van der Waals surface area contributed by atoms with Crippen LogP contribution in [-0.2, 0) is 6.42 Å². The fourth-order valence-electron chi connectivity index (χ4n) is 3.58. The molecule has 0 aliphatic carbocycles. The first-order valence-electron chi connectivity index (χ1n) is 9.63. The summed E-state index contributed by atoms with van der Waals surface area (Å²) in [5.74, 6) is 1.65. The molecule has 1 N–H and O–H groups in total. The van der Waals surface area contributed by atoms with Crippen LogP contribution in [0.1, 0.15) is 55.3 Å². The lowest BCUT2D eigenvalue weighted by molar-refractivity contribution is 0.307. The summed E-state index contributed by atoms with van der Waals surface area (Å²) in [6.45, 7) is 6.24. The van der Waals surface area contributed by atoms with Gasteiger partial charge in [0.1, 0.15) is 5.75 Å². The van der Waals surface area contributed by atoms with E-state index in [1.807, 2.05) is 12.3 Å². The number of hydrogen-bond donors (Lipinski definition) is 1. The molecule has 2 atom stereocenters. The number of hydrogen-bond acceptors (Lipinski definition) is 3. The summed E-state index contributed by atoms with van der Waals surface area (Å²) in [6, 6.07) is 13.5. The molecule has 0 amide bonds. The van der Waals surface area contributed by atoms with Crippen molar-refractivity contribution in [1.29, 1.82) is 0 Å². The largest absolute Gasteiger partial charge is 0.493 e. The van der Waals surface area contributed by atoms with E-state index in [1.54, 1.807) is 0 Å². The Morgan fingerprint density at radius 2 is 2.16 bits per heavy atom. The van der Waals surface area contributed by atoms with Gasteiger partial charge in [0.25, 0.3) is 0 Å². The van der Waals surface area contributed by atoms with Gasteiger partial charge in [0.15, 0.2) is 0 Å². The predicted octanol–water partition coefficient (Wildman–Crippen LogP) is 4.65. The van der Waals surface area contributed by atoms with Gasteiger partial charge >= 0.3 is 0 Å². The lowest BCUT2D eigenvalue weighted by Crippen LogP contribution is -2.21. The quantitative estimate of drug-likeness (QED) is 0.712. The topological polar surface area (TPSA) is 34.1 Å². The molecule has 1 saturated heterocycles. The van der Waals surface area contributed by atoms with E-state index in [9.17, 15) is 0 Å². The van der Waals surface area contributed by atoms with Crippen molar-refractivity contribution in [2.45, 2.75) is 57.9 Å². The number of unbranched alkanes of at least 4 members (excludes halogenated alkanes) is 1. The number of aryl methyl sites for hydroxylation is 2. The number of rotatable bonds is 8. The fourth-order valence-corrected chi connectivity index (χ4v) is 3.58. The zero-order valence-electron chi connectivity index (χ0n) is 15.5. The van der Waals surface area contributed by atoms with Crippen LogP contribution in [0.3, 0.4) is 0 Å². The van der Waals surface area contributed by atoms with Crippen LogP contribution in [0.5, 0.6) is 5.75 Å². The van der Waals surface area contributed by atoms with E-state index < -0.39 is 0 Å². The summed E-state index contributed by atoms with van der Waals surface area (Å²) < 4.78 is 5.88. The third kappa shape index (κ3) is 5.05. The maximum Gasteiger partial charge on any atom is 0.122 e. The van der Waals surface area contributed by atoms with Gasteiger partial charge in [-0.2, -0.15) is 0 Å². The van der Waals surface area contributed by atoms with E-state index in [1.165, 1.54) is 29.7 Å². The first-order valence-corrected chi connectivity index (χ1v) is 9.63. The van der Waals surface area contributed by atoms with Crippen molar-refractivity contribution < 1.29 is 4.74 Å².